The molecule has 0 spiro atoms. The van der Waals surface area contributed by atoms with Gasteiger partial charge < -0.3 is 0 Å². The van der Waals surface area contributed by atoms with Gasteiger partial charge in [-0.25, -0.2) is 0 Å². The van der Waals surface area contributed by atoms with Gasteiger partial charge in [-0.05, 0) is 182 Å². The second-order valence-corrected chi connectivity index (χ2v) is 11.5. The third-order valence-electron chi connectivity index (χ3n) is 10.2. The molecule has 3 aliphatic carbocycles. The largest absolute Gasteiger partial charge is 0.298 e. The molecule has 2 nitrogen and oxygen atoms in total. The van der Waals surface area contributed by atoms with Gasteiger partial charge in [0, 0.05) is 11.1 Å². The summed E-state index contributed by atoms with van der Waals surface area (Å²) < 4.78 is 0. The number of hydrogen-bond donors (Lipinski definition) is 0. The first kappa shape index (κ1) is 23.4. The van der Waals surface area contributed by atoms with Crippen molar-refractivity contribution in [1.82, 2.24) is 0 Å². The smallest absolute Gasteiger partial charge is 0.151 e. The molecule has 0 amide bonds. The molecular weight excluding hydrogens is 440 g/mol. The van der Waals surface area contributed by atoms with Crippen molar-refractivity contribution in [1.29, 1.82) is 0 Å². The zero-order valence-electron chi connectivity index (χ0n) is 22.6. The van der Waals surface area contributed by atoms with Crippen molar-refractivity contribution in [3.63, 3.8) is 0 Å². The summed E-state index contributed by atoms with van der Waals surface area (Å²) in [5.74, 6) is 0. The molecule has 3 aromatic carbocycles. The number of hydrogen-bond acceptors (Lipinski definition) is 2. The van der Waals surface area contributed by atoms with E-state index in [1.807, 2.05) is 13.8 Å². The van der Waals surface area contributed by atoms with Crippen LogP contribution in [0.25, 0.3) is 0 Å². The van der Waals surface area contributed by atoms with Crippen LogP contribution in [0.3, 0.4) is 0 Å². The lowest BCUT2D eigenvalue weighted by Crippen LogP contribution is -2.23. The fourth-order valence-electron chi connectivity index (χ4n) is 7.93. The predicted molar refractivity (Wildman–Crippen MR) is 146 cm³/mol. The number of carbonyl (C=O) groups excluding carboxylic acids is 2. The SMILES string of the molecule is Cc1c(C=O)c(C=O)c(C)c2c1Cc1c(C)c3c(c(C)c1C2)Cc1c(C)c2c(c(C)c1C3)CCCC2. The fourth-order valence-corrected chi connectivity index (χ4v) is 7.93. The van der Waals surface area contributed by atoms with Crippen molar-refractivity contribution in [2.45, 2.75) is 92.9 Å². The van der Waals surface area contributed by atoms with Crippen molar-refractivity contribution in [3.8, 4) is 0 Å². The Bertz CT molecular complexity index is 1400. The average molecular weight is 477 g/mol. The number of benzene rings is 3. The van der Waals surface area contributed by atoms with E-state index in [9.17, 15) is 9.59 Å². The van der Waals surface area contributed by atoms with Crippen LogP contribution in [-0.2, 0) is 38.5 Å². The summed E-state index contributed by atoms with van der Waals surface area (Å²) in [4.78, 5) is 23.8. The Morgan fingerprint density at radius 1 is 0.389 bits per heavy atom. The molecule has 6 rings (SSSR count). The molecule has 2 heteroatoms. The number of carbonyl (C=O) groups is 2. The van der Waals surface area contributed by atoms with E-state index in [4.69, 9.17) is 0 Å². The van der Waals surface area contributed by atoms with Crippen LogP contribution in [0.15, 0.2) is 0 Å². The third kappa shape index (κ3) is 3.03. The van der Waals surface area contributed by atoms with E-state index in [1.165, 1.54) is 70.2 Å². The van der Waals surface area contributed by atoms with Gasteiger partial charge >= 0.3 is 0 Å². The molecule has 0 radical (unpaired) electrons. The topological polar surface area (TPSA) is 34.1 Å². The third-order valence-corrected chi connectivity index (χ3v) is 10.2. The minimum atomic E-state index is 0.571. The lowest BCUT2D eigenvalue weighted by Gasteiger charge is -2.35. The highest BCUT2D eigenvalue weighted by Crippen LogP contribution is 2.44. The van der Waals surface area contributed by atoms with Crippen LogP contribution in [0.5, 0.6) is 0 Å². The van der Waals surface area contributed by atoms with Crippen LogP contribution in [0.2, 0.25) is 0 Å². The van der Waals surface area contributed by atoms with E-state index in [2.05, 4.69) is 27.7 Å². The first-order chi connectivity index (χ1) is 17.3. The highest BCUT2D eigenvalue weighted by Gasteiger charge is 2.32. The van der Waals surface area contributed by atoms with Crippen LogP contribution in [0.4, 0.5) is 0 Å². The molecule has 3 aromatic rings. The number of fused-ring (bicyclic) bond motifs is 5. The zero-order chi connectivity index (χ0) is 25.5. The maximum atomic E-state index is 11.9. The Hall–Kier alpha value is -3.00. The molecule has 0 bridgehead atoms. The van der Waals surface area contributed by atoms with E-state index < -0.39 is 0 Å². The highest BCUT2D eigenvalue weighted by atomic mass is 16.1. The monoisotopic (exact) mass is 476 g/mol. The van der Waals surface area contributed by atoms with E-state index in [1.54, 1.807) is 33.4 Å². The average Bonchev–Trinajstić information content (AvgIpc) is 2.90. The standard InChI is InChI=1S/C34H36O2/c1-17-23-9-7-8-10-24(23)18(2)26-12-28-20(4)30-14-32-22(6)34(16-36)33(15-35)21(5)31(32)13-29(30)19(3)27(28)11-25(17)26/h15-16H,7-14H2,1-6H3. The Morgan fingerprint density at radius 2 is 0.639 bits per heavy atom. The Labute approximate surface area is 215 Å². The van der Waals surface area contributed by atoms with Crippen LogP contribution in [0, 0.1) is 41.5 Å². The zero-order valence-corrected chi connectivity index (χ0v) is 22.6. The molecular formula is C34H36O2. The molecule has 3 aliphatic rings. The van der Waals surface area contributed by atoms with Gasteiger partial charge in [0.1, 0.15) is 0 Å². The lowest BCUT2D eigenvalue weighted by atomic mass is 9.69. The van der Waals surface area contributed by atoms with Crippen molar-refractivity contribution < 1.29 is 9.59 Å². The molecule has 0 atom stereocenters. The van der Waals surface area contributed by atoms with Crippen LogP contribution in [0.1, 0.15) is 123 Å². The number of rotatable bonds is 2. The van der Waals surface area contributed by atoms with Gasteiger partial charge in [0.25, 0.3) is 0 Å². The quantitative estimate of drug-likeness (QED) is 0.256. The van der Waals surface area contributed by atoms with Crippen LogP contribution < -0.4 is 0 Å². The second-order valence-electron chi connectivity index (χ2n) is 11.5. The van der Waals surface area contributed by atoms with Crippen molar-refractivity contribution >= 4 is 12.6 Å². The molecule has 0 aromatic heterocycles. The Balaban J connectivity index is 1.54. The highest BCUT2D eigenvalue weighted by molar-refractivity contribution is 5.94. The van der Waals surface area contributed by atoms with Gasteiger partial charge in [0.2, 0.25) is 0 Å². The summed E-state index contributed by atoms with van der Waals surface area (Å²) in [6.07, 6.45) is 10.6. The molecule has 184 valence electrons. The summed E-state index contributed by atoms with van der Waals surface area (Å²) in [5.41, 5.74) is 24.1. The van der Waals surface area contributed by atoms with Crippen molar-refractivity contribution in [3.05, 3.63) is 100 Å². The van der Waals surface area contributed by atoms with Crippen molar-refractivity contribution in [2.24, 2.45) is 0 Å². The first-order valence-electron chi connectivity index (χ1n) is 13.6. The van der Waals surface area contributed by atoms with Gasteiger partial charge in [-0.3, -0.25) is 9.59 Å². The van der Waals surface area contributed by atoms with Crippen molar-refractivity contribution in [2.75, 3.05) is 0 Å². The lowest BCUT2D eigenvalue weighted by molar-refractivity contribution is 0.109. The summed E-state index contributed by atoms with van der Waals surface area (Å²) in [7, 11) is 0. The minimum Gasteiger partial charge on any atom is -0.298 e. The van der Waals surface area contributed by atoms with Crippen LogP contribution >= 0.6 is 0 Å². The van der Waals surface area contributed by atoms with E-state index in [-0.39, 0.29) is 0 Å². The van der Waals surface area contributed by atoms with E-state index in [0.29, 0.717) is 11.1 Å². The van der Waals surface area contributed by atoms with Gasteiger partial charge in [-0.15, -0.1) is 0 Å². The molecule has 0 N–H and O–H groups in total. The molecule has 36 heavy (non-hydrogen) atoms. The maximum Gasteiger partial charge on any atom is 0.151 e. The number of aldehydes is 2. The molecule has 0 aliphatic heterocycles. The van der Waals surface area contributed by atoms with E-state index >= 15 is 0 Å². The first-order valence-corrected chi connectivity index (χ1v) is 13.6. The predicted octanol–water partition coefficient (Wildman–Crippen LogP) is 7.03. The second kappa shape index (κ2) is 8.26. The summed E-state index contributed by atoms with van der Waals surface area (Å²) in [6, 6.07) is 0. The van der Waals surface area contributed by atoms with Gasteiger partial charge in [-0.1, -0.05) is 0 Å². The summed E-state index contributed by atoms with van der Waals surface area (Å²) in [6.45, 7) is 13.5. The van der Waals surface area contributed by atoms with E-state index in [0.717, 1.165) is 49.4 Å². The fraction of sp³-hybridized carbons (Fsp3) is 0.412. The van der Waals surface area contributed by atoms with Gasteiger partial charge in [0.05, 0.1) is 0 Å². The molecule has 0 saturated carbocycles. The molecule has 0 heterocycles. The molecule has 0 unspecified atom stereocenters. The Kier molecular flexibility index (Phi) is 5.37. The molecule has 0 saturated heterocycles. The Morgan fingerprint density at radius 3 is 0.917 bits per heavy atom. The molecule has 0 fully saturated rings. The normalized spacial score (nSPS) is 15.4. The summed E-state index contributed by atoms with van der Waals surface area (Å²) in [5, 5.41) is 0. The summed E-state index contributed by atoms with van der Waals surface area (Å²) >= 11 is 0. The van der Waals surface area contributed by atoms with Gasteiger partial charge in [-0.2, -0.15) is 0 Å². The maximum absolute atomic E-state index is 11.9. The van der Waals surface area contributed by atoms with Crippen LogP contribution in [-0.4, -0.2) is 12.6 Å². The minimum absolute atomic E-state index is 0.571. The van der Waals surface area contributed by atoms with Gasteiger partial charge in [0.15, 0.2) is 12.6 Å².